The van der Waals surface area contributed by atoms with E-state index in [1.807, 2.05) is 31.3 Å². The molecule has 0 radical (unpaired) electrons. The van der Waals surface area contributed by atoms with Gasteiger partial charge in [0.05, 0.1) is 0 Å². The van der Waals surface area contributed by atoms with E-state index in [0.29, 0.717) is 11.8 Å². The fourth-order valence-corrected chi connectivity index (χ4v) is 4.64. The number of halogens is 1. The molecule has 0 unspecified atom stereocenters. The molecular formula is C25H41BrN2O2. The molecular weight excluding hydrogens is 440 g/mol. The van der Waals surface area contributed by atoms with Gasteiger partial charge in [-0.2, -0.15) is 0 Å². The van der Waals surface area contributed by atoms with Gasteiger partial charge < -0.3 is 14.5 Å². The Hall–Kier alpha value is -1.07. The summed E-state index contributed by atoms with van der Waals surface area (Å²) in [5, 5.41) is 0. The van der Waals surface area contributed by atoms with Crippen LogP contribution in [0.25, 0.3) is 0 Å². The molecule has 0 aliphatic heterocycles. The van der Waals surface area contributed by atoms with Gasteiger partial charge in [-0.05, 0) is 88.8 Å². The SMILES string of the molecule is CCCCCN(C)CCCCC[C@H]1CC[C@H](N(C)C(=O)Oc2ccc(Br)cc2)CC1. The topological polar surface area (TPSA) is 32.8 Å². The average Bonchev–Trinajstić information content (AvgIpc) is 2.75. The van der Waals surface area contributed by atoms with E-state index in [0.717, 1.165) is 23.2 Å². The zero-order valence-corrected chi connectivity index (χ0v) is 20.8. The molecule has 4 nitrogen and oxygen atoms in total. The van der Waals surface area contributed by atoms with E-state index in [1.165, 1.54) is 70.9 Å². The number of benzene rings is 1. The second kappa shape index (κ2) is 14.1. The summed E-state index contributed by atoms with van der Waals surface area (Å²) in [6.07, 6.45) is 13.8. The first-order valence-electron chi connectivity index (χ1n) is 11.9. The molecule has 5 heteroatoms. The van der Waals surface area contributed by atoms with Crippen LogP contribution in [0.1, 0.15) is 77.6 Å². The Bertz CT molecular complexity index is 600. The van der Waals surface area contributed by atoms with E-state index in [9.17, 15) is 4.79 Å². The van der Waals surface area contributed by atoms with E-state index < -0.39 is 0 Å². The summed E-state index contributed by atoms with van der Waals surface area (Å²) < 4.78 is 6.49. The maximum absolute atomic E-state index is 12.4. The highest BCUT2D eigenvalue weighted by molar-refractivity contribution is 9.10. The zero-order chi connectivity index (χ0) is 21.8. The molecule has 170 valence electrons. The molecule has 0 saturated heterocycles. The van der Waals surface area contributed by atoms with Crippen molar-refractivity contribution in [2.45, 2.75) is 83.6 Å². The van der Waals surface area contributed by atoms with Crippen molar-refractivity contribution in [3.05, 3.63) is 28.7 Å². The fourth-order valence-electron chi connectivity index (χ4n) is 4.38. The van der Waals surface area contributed by atoms with Gasteiger partial charge in [-0.15, -0.1) is 0 Å². The number of hydrogen-bond donors (Lipinski definition) is 0. The number of unbranched alkanes of at least 4 members (excludes halogenated alkanes) is 4. The molecule has 0 atom stereocenters. The van der Waals surface area contributed by atoms with Gasteiger partial charge in [0, 0.05) is 17.6 Å². The Morgan fingerprint density at radius 2 is 1.60 bits per heavy atom. The molecule has 0 aromatic heterocycles. The number of ether oxygens (including phenoxy) is 1. The fraction of sp³-hybridized carbons (Fsp3) is 0.720. The molecule has 1 aromatic carbocycles. The van der Waals surface area contributed by atoms with Crippen LogP contribution in [0.3, 0.4) is 0 Å². The summed E-state index contributed by atoms with van der Waals surface area (Å²) in [6.45, 7) is 4.75. The third-order valence-corrected chi connectivity index (χ3v) is 7.00. The summed E-state index contributed by atoms with van der Waals surface area (Å²) in [5.74, 6) is 1.43. The maximum atomic E-state index is 12.4. The maximum Gasteiger partial charge on any atom is 0.415 e. The lowest BCUT2D eigenvalue weighted by Crippen LogP contribution is -2.41. The lowest BCUT2D eigenvalue weighted by atomic mass is 9.82. The van der Waals surface area contributed by atoms with Crippen molar-refractivity contribution in [1.82, 2.24) is 9.80 Å². The number of hydrogen-bond acceptors (Lipinski definition) is 3. The average molecular weight is 482 g/mol. The minimum atomic E-state index is -0.246. The lowest BCUT2D eigenvalue weighted by Gasteiger charge is -2.34. The molecule has 2 rings (SSSR count). The van der Waals surface area contributed by atoms with Crippen molar-refractivity contribution in [2.24, 2.45) is 5.92 Å². The van der Waals surface area contributed by atoms with Gasteiger partial charge in [0.25, 0.3) is 0 Å². The Labute approximate surface area is 192 Å². The molecule has 0 N–H and O–H groups in total. The van der Waals surface area contributed by atoms with Crippen LogP contribution in [0.15, 0.2) is 28.7 Å². The Morgan fingerprint density at radius 1 is 0.967 bits per heavy atom. The minimum Gasteiger partial charge on any atom is -0.410 e. The Balaban J connectivity index is 1.57. The van der Waals surface area contributed by atoms with Crippen LogP contribution in [-0.2, 0) is 0 Å². The molecule has 1 aliphatic carbocycles. The van der Waals surface area contributed by atoms with Crippen molar-refractivity contribution in [3.8, 4) is 5.75 Å². The molecule has 1 fully saturated rings. The predicted octanol–water partition coefficient (Wildman–Crippen LogP) is 7.12. The van der Waals surface area contributed by atoms with E-state index in [2.05, 4.69) is 34.8 Å². The minimum absolute atomic E-state index is 0.246. The predicted molar refractivity (Wildman–Crippen MR) is 129 cm³/mol. The lowest BCUT2D eigenvalue weighted by molar-refractivity contribution is 0.123. The van der Waals surface area contributed by atoms with Crippen molar-refractivity contribution in [1.29, 1.82) is 0 Å². The molecule has 1 amide bonds. The van der Waals surface area contributed by atoms with Crippen molar-refractivity contribution < 1.29 is 9.53 Å². The van der Waals surface area contributed by atoms with Gasteiger partial charge in [-0.1, -0.05) is 55.0 Å². The molecule has 30 heavy (non-hydrogen) atoms. The summed E-state index contributed by atoms with van der Waals surface area (Å²) in [4.78, 5) is 16.7. The van der Waals surface area contributed by atoms with Crippen LogP contribution in [0, 0.1) is 5.92 Å². The summed E-state index contributed by atoms with van der Waals surface area (Å²) >= 11 is 3.40. The molecule has 1 aromatic rings. The quantitative estimate of drug-likeness (QED) is 0.298. The van der Waals surface area contributed by atoms with Crippen LogP contribution in [0.5, 0.6) is 5.75 Å². The van der Waals surface area contributed by atoms with Gasteiger partial charge in [-0.25, -0.2) is 4.79 Å². The number of amides is 1. The zero-order valence-electron chi connectivity index (χ0n) is 19.2. The first-order chi connectivity index (χ1) is 14.5. The van der Waals surface area contributed by atoms with E-state index in [4.69, 9.17) is 4.74 Å². The number of carbonyl (C=O) groups is 1. The van der Waals surface area contributed by atoms with Crippen molar-refractivity contribution in [3.63, 3.8) is 0 Å². The smallest absolute Gasteiger partial charge is 0.410 e. The van der Waals surface area contributed by atoms with Gasteiger partial charge in [-0.3, -0.25) is 0 Å². The monoisotopic (exact) mass is 480 g/mol. The van der Waals surface area contributed by atoms with E-state index in [1.54, 1.807) is 4.90 Å². The van der Waals surface area contributed by atoms with Gasteiger partial charge in [0.2, 0.25) is 0 Å². The highest BCUT2D eigenvalue weighted by atomic mass is 79.9. The highest BCUT2D eigenvalue weighted by Gasteiger charge is 2.27. The molecule has 0 bridgehead atoms. The first-order valence-corrected chi connectivity index (χ1v) is 12.7. The first kappa shape index (κ1) is 25.2. The summed E-state index contributed by atoms with van der Waals surface area (Å²) in [6, 6.07) is 7.71. The summed E-state index contributed by atoms with van der Waals surface area (Å²) in [7, 11) is 4.14. The molecule has 0 heterocycles. The molecule has 0 spiro atoms. The normalized spacial score (nSPS) is 19.1. The van der Waals surface area contributed by atoms with E-state index >= 15 is 0 Å². The van der Waals surface area contributed by atoms with Crippen LogP contribution in [0.2, 0.25) is 0 Å². The number of carbonyl (C=O) groups excluding carboxylic acids is 1. The third kappa shape index (κ3) is 9.38. The molecule has 1 saturated carbocycles. The van der Waals surface area contributed by atoms with Crippen LogP contribution in [-0.4, -0.2) is 49.1 Å². The third-order valence-electron chi connectivity index (χ3n) is 6.47. The van der Waals surface area contributed by atoms with Crippen LogP contribution >= 0.6 is 15.9 Å². The van der Waals surface area contributed by atoms with Gasteiger partial charge in [0.15, 0.2) is 0 Å². The van der Waals surface area contributed by atoms with Gasteiger partial charge >= 0.3 is 6.09 Å². The van der Waals surface area contributed by atoms with E-state index in [-0.39, 0.29) is 6.09 Å². The van der Waals surface area contributed by atoms with Crippen LogP contribution < -0.4 is 4.74 Å². The standard InChI is InChI=1S/C25H41BrN2O2/c1-4-5-8-19-27(2)20-9-6-7-10-21-11-15-23(16-12-21)28(3)25(29)30-24-17-13-22(26)14-18-24/h13-14,17-18,21,23H,4-12,15-16,19-20H2,1-3H3/t21-,23-. The van der Waals surface area contributed by atoms with Crippen LogP contribution in [0.4, 0.5) is 4.79 Å². The second-order valence-electron chi connectivity index (χ2n) is 8.97. The second-order valence-corrected chi connectivity index (χ2v) is 9.88. The van der Waals surface area contributed by atoms with Crippen molar-refractivity contribution in [2.75, 3.05) is 27.2 Å². The number of nitrogens with zero attached hydrogens (tertiary/aromatic N) is 2. The Kier molecular flexibility index (Phi) is 11.8. The van der Waals surface area contributed by atoms with Gasteiger partial charge in [0.1, 0.15) is 5.75 Å². The van der Waals surface area contributed by atoms with Crippen molar-refractivity contribution >= 4 is 22.0 Å². The number of rotatable bonds is 12. The molecule has 1 aliphatic rings. The highest BCUT2D eigenvalue weighted by Crippen LogP contribution is 2.31. The Morgan fingerprint density at radius 3 is 2.23 bits per heavy atom. The largest absolute Gasteiger partial charge is 0.415 e. The summed E-state index contributed by atoms with van der Waals surface area (Å²) in [5.41, 5.74) is 0.